The first-order chi connectivity index (χ1) is 7.99. The van der Waals surface area contributed by atoms with Crippen LogP contribution < -0.4 is 11.1 Å². The highest BCUT2D eigenvalue weighted by atomic mass is 35.5. The molecule has 0 radical (unpaired) electrons. The van der Waals surface area contributed by atoms with Crippen molar-refractivity contribution in [2.75, 3.05) is 5.73 Å². The Morgan fingerprint density at radius 2 is 2.22 bits per heavy atom. The van der Waals surface area contributed by atoms with Crippen LogP contribution in [-0.2, 0) is 0 Å². The molecule has 1 fully saturated rings. The van der Waals surface area contributed by atoms with Crippen LogP contribution in [0.4, 0.5) is 5.69 Å². The number of nitrogens with zero attached hydrogens (tertiary/aromatic N) is 1. The van der Waals surface area contributed by atoms with Crippen LogP contribution in [0.5, 0.6) is 0 Å². The van der Waals surface area contributed by atoms with Gasteiger partial charge in [0.25, 0.3) is 5.91 Å². The number of amides is 1. The maximum Gasteiger partial charge on any atom is 0.270 e. The summed E-state index contributed by atoms with van der Waals surface area (Å²) in [6.45, 7) is 4.39. The van der Waals surface area contributed by atoms with Gasteiger partial charge in [-0.2, -0.15) is 0 Å². The largest absolute Gasteiger partial charge is 0.397 e. The minimum absolute atomic E-state index is 0. The van der Waals surface area contributed by atoms with Gasteiger partial charge in [-0.25, -0.2) is 4.98 Å². The monoisotopic (exact) mass is 269 g/mol. The van der Waals surface area contributed by atoms with Gasteiger partial charge in [-0.1, -0.05) is 20.3 Å². The highest BCUT2D eigenvalue weighted by Crippen LogP contribution is 2.37. The number of anilines is 1. The summed E-state index contributed by atoms with van der Waals surface area (Å²) >= 11 is 0. The van der Waals surface area contributed by atoms with Crippen LogP contribution in [0.1, 0.15) is 43.6 Å². The molecule has 1 aromatic heterocycles. The van der Waals surface area contributed by atoms with E-state index in [1.165, 1.54) is 12.6 Å². The van der Waals surface area contributed by atoms with Gasteiger partial charge in [0.2, 0.25) is 0 Å². The number of nitrogen functional groups attached to an aromatic ring is 1. The fraction of sp³-hybridized carbons (Fsp3) is 0.538. The molecule has 0 aromatic carbocycles. The van der Waals surface area contributed by atoms with Gasteiger partial charge in [0, 0.05) is 6.04 Å². The Balaban J connectivity index is 0.00000162. The van der Waals surface area contributed by atoms with E-state index in [2.05, 4.69) is 24.1 Å². The average Bonchev–Trinajstić information content (AvgIpc) is 2.59. The third kappa shape index (κ3) is 3.13. The summed E-state index contributed by atoms with van der Waals surface area (Å²) in [7, 11) is 0. The van der Waals surface area contributed by atoms with E-state index in [9.17, 15) is 4.79 Å². The van der Waals surface area contributed by atoms with Gasteiger partial charge in [-0.3, -0.25) is 4.79 Å². The molecular weight excluding hydrogens is 250 g/mol. The van der Waals surface area contributed by atoms with E-state index in [0.29, 0.717) is 11.4 Å². The maximum absolute atomic E-state index is 12.0. The van der Waals surface area contributed by atoms with Crippen LogP contribution in [0, 0.1) is 5.41 Å². The molecule has 4 nitrogen and oxygen atoms in total. The molecule has 1 saturated carbocycles. The van der Waals surface area contributed by atoms with Crippen molar-refractivity contribution in [1.82, 2.24) is 10.3 Å². The Bertz CT molecular complexity index is 417. The molecule has 18 heavy (non-hydrogen) atoms. The molecule has 1 amide bonds. The second-order valence-electron chi connectivity index (χ2n) is 5.38. The normalized spacial score (nSPS) is 21.1. The molecule has 1 aliphatic carbocycles. The lowest BCUT2D eigenvalue weighted by Crippen LogP contribution is -2.41. The average molecular weight is 270 g/mol. The molecule has 1 aliphatic rings. The molecule has 1 heterocycles. The second kappa shape index (κ2) is 5.57. The van der Waals surface area contributed by atoms with Crippen molar-refractivity contribution in [1.29, 1.82) is 0 Å². The van der Waals surface area contributed by atoms with Crippen molar-refractivity contribution in [2.45, 2.75) is 39.2 Å². The number of nitrogens with two attached hydrogens (primary N) is 1. The SMILES string of the molecule is CC1(C)CCCC1NC(=O)c1ccc(N)cn1.Cl. The lowest BCUT2D eigenvalue weighted by molar-refractivity contribution is 0.0905. The van der Waals surface area contributed by atoms with Crippen LogP contribution in [0.2, 0.25) is 0 Å². The predicted octanol–water partition coefficient (Wildman–Crippen LogP) is 2.39. The molecule has 0 spiro atoms. The lowest BCUT2D eigenvalue weighted by atomic mass is 9.87. The summed E-state index contributed by atoms with van der Waals surface area (Å²) in [5.41, 5.74) is 6.73. The zero-order valence-electron chi connectivity index (χ0n) is 10.8. The second-order valence-corrected chi connectivity index (χ2v) is 5.38. The van der Waals surface area contributed by atoms with Crippen molar-refractivity contribution in [3.8, 4) is 0 Å². The Morgan fingerprint density at radius 3 is 2.72 bits per heavy atom. The molecule has 1 atom stereocenters. The first kappa shape index (κ1) is 14.8. The zero-order chi connectivity index (χ0) is 12.5. The zero-order valence-corrected chi connectivity index (χ0v) is 11.6. The predicted molar refractivity (Wildman–Crippen MR) is 74.8 cm³/mol. The minimum atomic E-state index is -0.107. The van der Waals surface area contributed by atoms with E-state index in [1.54, 1.807) is 12.1 Å². The van der Waals surface area contributed by atoms with E-state index in [0.717, 1.165) is 12.8 Å². The van der Waals surface area contributed by atoms with Crippen LogP contribution in [0.25, 0.3) is 0 Å². The number of halogens is 1. The molecule has 0 saturated heterocycles. The quantitative estimate of drug-likeness (QED) is 0.866. The van der Waals surface area contributed by atoms with Gasteiger partial charge in [0.1, 0.15) is 5.69 Å². The Labute approximate surface area is 114 Å². The Hall–Kier alpha value is -1.29. The van der Waals surface area contributed by atoms with Gasteiger partial charge in [0.05, 0.1) is 11.9 Å². The number of nitrogens with one attached hydrogen (secondary N) is 1. The molecule has 100 valence electrons. The number of aromatic nitrogens is 1. The third-order valence-electron chi connectivity index (χ3n) is 3.58. The minimum Gasteiger partial charge on any atom is -0.397 e. The maximum atomic E-state index is 12.0. The number of hydrogen-bond acceptors (Lipinski definition) is 3. The van der Waals surface area contributed by atoms with Crippen molar-refractivity contribution in [3.05, 3.63) is 24.0 Å². The molecule has 1 unspecified atom stereocenters. The molecule has 1 aromatic rings. The van der Waals surface area contributed by atoms with E-state index >= 15 is 0 Å². The van der Waals surface area contributed by atoms with Gasteiger partial charge in [0.15, 0.2) is 0 Å². The topological polar surface area (TPSA) is 68.0 Å². The standard InChI is InChI=1S/C13H19N3O.ClH/c1-13(2)7-3-4-11(13)16-12(17)10-6-5-9(14)8-15-10;/h5-6,8,11H,3-4,7,14H2,1-2H3,(H,16,17);1H. The van der Waals surface area contributed by atoms with Crippen LogP contribution in [0.3, 0.4) is 0 Å². The summed E-state index contributed by atoms with van der Waals surface area (Å²) in [6, 6.07) is 3.60. The molecule has 2 rings (SSSR count). The van der Waals surface area contributed by atoms with Gasteiger partial charge in [-0.05, 0) is 30.4 Å². The van der Waals surface area contributed by atoms with E-state index in [-0.39, 0.29) is 29.8 Å². The number of rotatable bonds is 2. The Kier molecular flexibility index (Phi) is 4.57. The molecule has 5 heteroatoms. The third-order valence-corrected chi connectivity index (χ3v) is 3.58. The molecule has 0 aliphatic heterocycles. The summed E-state index contributed by atoms with van der Waals surface area (Å²) in [6.07, 6.45) is 4.89. The van der Waals surface area contributed by atoms with Crippen LogP contribution >= 0.6 is 12.4 Å². The lowest BCUT2D eigenvalue weighted by Gasteiger charge is -2.27. The van der Waals surface area contributed by atoms with Crippen LogP contribution in [-0.4, -0.2) is 16.9 Å². The number of carbonyl (C=O) groups excluding carboxylic acids is 1. The summed E-state index contributed by atoms with van der Waals surface area (Å²) in [5, 5.41) is 3.06. The molecule has 3 N–H and O–H groups in total. The van der Waals surface area contributed by atoms with Gasteiger partial charge >= 0.3 is 0 Å². The highest BCUT2D eigenvalue weighted by molar-refractivity contribution is 5.92. The fourth-order valence-electron chi connectivity index (χ4n) is 2.37. The smallest absolute Gasteiger partial charge is 0.270 e. The van der Waals surface area contributed by atoms with Crippen molar-refractivity contribution < 1.29 is 4.79 Å². The fourth-order valence-corrected chi connectivity index (χ4v) is 2.37. The van der Waals surface area contributed by atoms with Crippen molar-refractivity contribution >= 4 is 24.0 Å². The molecule has 0 bridgehead atoms. The van der Waals surface area contributed by atoms with Crippen molar-refractivity contribution in [2.24, 2.45) is 5.41 Å². The van der Waals surface area contributed by atoms with Crippen LogP contribution in [0.15, 0.2) is 18.3 Å². The molecular formula is C13H20ClN3O. The first-order valence-electron chi connectivity index (χ1n) is 6.01. The van der Waals surface area contributed by atoms with Gasteiger partial charge in [-0.15, -0.1) is 12.4 Å². The van der Waals surface area contributed by atoms with Gasteiger partial charge < -0.3 is 11.1 Å². The number of pyridine rings is 1. The number of hydrogen-bond donors (Lipinski definition) is 2. The van der Waals surface area contributed by atoms with E-state index in [4.69, 9.17) is 5.73 Å². The number of carbonyl (C=O) groups is 1. The first-order valence-corrected chi connectivity index (χ1v) is 6.01. The van der Waals surface area contributed by atoms with E-state index in [1.807, 2.05) is 0 Å². The summed E-state index contributed by atoms with van der Waals surface area (Å²) in [5.74, 6) is -0.107. The summed E-state index contributed by atoms with van der Waals surface area (Å²) in [4.78, 5) is 16.0. The Morgan fingerprint density at radius 1 is 1.50 bits per heavy atom. The van der Waals surface area contributed by atoms with Crippen molar-refractivity contribution in [3.63, 3.8) is 0 Å². The van der Waals surface area contributed by atoms with E-state index < -0.39 is 0 Å². The highest BCUT2D eigenvalue weighted by Gasteiger charge is 2.35. The summed E-state index contributed by atoms with van der Waals surface area (Å²) < 4.78 is 0.